The summed E-state index contributed by atoms with van der Waals surface area (Å²) in [6, 6.07) is 10.0. The highest BCUT2D eigenvalue weighted by atomic mass is 16.1. The molecule has 5 heteroatoms. The first-order valence-corrected chi connectivity index (χ1v) is 7.72. The van der Waals surface area contributed by atoms with Crippen molar-refractivity contribution in [2.75, 3.05) is 25.6 Å². The van der Waals surface area contributed by atoms with E-state index < -0.39 is 0 Å². The van der Waals surface area contributed by atoms with E-state index in [1.54, 1.807) is 12.3 Å². The minimum atomic E-state index is 0.0297. The number of rotatable bonds is 7. The molecule has 2 rings (SSSR count). The average molecular weight is 312 g/mol. The number of benzene rings is 1. The van der Waals surface area contributed by atoms with Gasteiger partial charge in [0.2, 0.25) is 0 Å². The molecule has 0 amide bonds. The van der Waals surface area contributed by atoms with Gasteiger partial charge in [0.05, 0.1) is 5.69 Å². The highest BCUT2D eigenvalue weighted by Crippen LogP contribution is 2.21. The smallest absolute Gasteiger partial charge is 0.162 e. The molecule has 0 aliphatic heterocycles. The predicted octanol–water partition coefficient (Wildman–Crippen LogP) is 2.59. The Kier molecular flexibility index (Phi) is 5.97. The molecule has 0 spiro atoms. The lowest BCUT2D eigenvalue weighted by molar-refractivity contribution is -0.119. The number of nitrogens with one attached hydrogen (secondary N) is 1. The van der Waals surface area contributed by atoms with E-state index in [9.17, 15) is 4.79 Å². The summed E-state index contributed by atoms with van der Waals surface area (Å²) in [5.41, 5.74) is 5.32. The first kappa shape index (κ1) is 16.8. The van der Waals surface area contributed by atoms with Crippen molar-refractivity contribution in [3.63, 3.8) is 0 Å². The number of hydrogen-bond donors (Lipinski definition) is 1. The molecule has 5 nitrogen and oxygen atoms in total. The average Bonchev–Trinajstić information content (AvgIpc) is 2.56. The Morgan fingerprint density at radius 2 is 2.09 bits per heavy atom. The van der Waals surface area contributed by atoms with Gasteiger partial charge in [0.1, 0.15) is 0 Å². The molecule has 0 saturated carbocycles. The number of aliphatic imine (C=N–C) groups is 1. The lowest BCUT2D eigenvalue weighted by Gasteiger charge is -2.28. The molecule has 1 aliphatic carbocycles. The zero-order valence-corrected chi connectivity index (χ0v) is 13.8. The Balaban J connectivity index is 1.92. The molecule has 0 bridgehead atoms. The standard InChI is InChI=1S/C18H24N4O/c1-19-11-12-21(2)14-15-9-10-16(13-18(15)23)20-22(3)17-7-5-4-6-8-17/h4-8,11-13,15,20H,1,9-10,14H2,2-3H3/b12-11-. The maximum Gasteiger partial charge on any atom is 0.162 e. The summed E-state index contributed by atoms with van der Waals surface area (Å²) in [4.78, 5) is 18.0. The van der Waals surface area contributed by atoms with Crippen LogP contribution in [0.3, 0.4) is 0 Å². The topological polar surface area (TPSA) is 47.9 Å². The summed E-state index contributed by atoms with van der Waals surface area (Å²) in [7, 11) is 3.89. The fraction of sp³-hybridized carbons (Fsp3) is 0.333. The molecule has 0 saturated heterocycles. The van der Waals surface area contributed by atoms with Gasteiger partial charge in [-0.15, -0.1) is 0 Å². The van der Waals surface area contributed by atoms with Crippen LogP contribution in [0.5, 0.6) is 0 Å². The van der Waals surface area contributed by atoms with Gasteiger partial charge in [-0.1, -0.05) is 18.2 Å². The van der Waals surface area contributed by atoms with Gasteiger partial charge in [0, 0.05) is 50.7 Å². The SMILES string of the molecule is C=N/C=C\N(C)CC1CCC(NN(C)c2ccccc2)=CC1=O. The Labute approximate surface area is 138 Å². The summed E-state index contributed by atoms with van der Waals surface area (Å²) in [5.74, 6) is 0.203. The second-order valence-electron chi connectivity index (χ2n) is 5.73. The fourth-order valence-corrected chi connectivity index (χ4v) is 2.60. The molecule has 1 aromatic rings. The van der Waals surface area contributed by atoms with Crippen LogP contribution in [-0.2, 0) is 4.79 Å². The van der Waals surface area contributed by atoms with Gasteiger partial charge < -0.3 is 10.3 Å². The van der Waals surface area contributed by atoms with Crippen LogP contribution in [0.4, 0.5) is 5.69 Å². The van der Waals surface area contributed by atoms with Crippen LogP contribution in [0.2, 0.25) is 0 Å². The van der Waals surface area contributed by atoms with Crippen LogP contribution in [-0.4, -0.2) is 38.0 Å². The van der Waals surface area contributed by atoms with E-state index in [1.165, 1.54) is 0 Å². The van der Waals surface area contributed by atoms with E-state index in [0.29, 0.717) is 6.54 Å². The van der Waals surface area contributed by atoms with E-state index in [4.69, 9.17) is 0 Å². The molecule has 0 aromatic heterocycles. The van der Waals surface area contributed by atoms with Gasteiger partial charge in [0.15, 0.2) is 5.78 Å². The number of carbonyl (C=O) groups is 1. The fourth-order valence-electron chi connectivity index (χ4n) is 2.60. The second kappa shape index (κ2) is 8.17. The normalized spacial score (nSPS) is 17.7. The second-order valence-corrected chi connectivity index (χ2v) is 5.73. The summed E-state index contributed by atoms with van der Waals surface area (Å²) in [6.07, 6.45) is 6.91. The molecule has 23 heavy (non-hydrogen) atoms. The largest absolute Gasteiger partial charge is 0.378 e. The number of hydrazine groups is 1. The minimum absolute atomic E-state index is 0.0297. The number of para-hydroxylation sites is 1. The van der Waals surface area contributed by atoms with Gasteiger partial charge in [-0.25, -0.2) is 0 Å². The Hall–Kier alpha value is -2.56. The molecule has 0 radical (unpaired) electrons. The first-order valence-electron chi connectivity index (χ1n) is 7.72. The number of ketones is 1. The third-order valence-corrected chi connectivity index (χ3v) is 3.87. The van der Waals surface area contributed by atoms with Crippen molar-refractivity contribution < 1.29 is 4.79 Å². The third kappa shape index (κ3) is 4.98. The van der Waals surface area contributed by atoms with E-state index in [0.717, 1.165) is 24.2 Å². The van der Waals surface area contributed by atoms with Crippen molar-refractivity contribution in [2.45, 2.75) is 12.8 Å². The van der Waals surface area contributed by atoms with Crippen LogP contribution in [0, 0.1) is 5.92 Å². The summed E-state index contributed by atoms with van der Waals surface area (Å²) < 4.78 is 0. The third-order valence-electron chi connectivity index (χ3n) is 3.87. The van der Waals surface area contributed by atoms with Crippen molar-refractivity contribution in [3.05, 3.63) is 54.5 Å². The monoisotopic (exact) mass is 312 g/mol. The van der Waals surface area contributed by atoms with Gasteiger partial charge >= 0.3 is 0 Å². The Morgan fingerprint density at radius 3 is 2.74 bits per heavy atom. The van der Waals surface area contributed by atoms with Gasteiger partial charge in [0.25, 0.3) is 0 Å². The van der Waals surface area contributed by atoms with Crippen molar-refractivity contribution in [1.82, 2.24) is 10.3 Å². The van der Waals surface area contributed by atoms with Crippen LogP contribution in [0.15, 0.2) is 59.5 Å². The molecule has 0 fully saturated rings. The minimum Gasteiger partial charge on any atom is -0.378 e. The lowest BCUT2D eigenvalue weighted by Crippen LogP contribution is -2.37. The van der Waals surface area contributed by atoms with Crippen LogP contribution >= 0.6 is 0 Å². The Bertz CT molecular complexity index is 594. The van der Waals surface area contributed by atoms with Gasteiger partial charge in [-0.05, 0) is 31.7 Å². The molecule has 1 N–H and O–H groups in total. The highest BCUT2D eigenvalue weighted by Gasteiger charge is 2.23. The summed E-state index contributed by atoms with van der Waals surface area (Å²) in [5, 5.41) is 1.93. The van der Waals surface area contributed by atoms with Crippen LogP contribution in [0.1, 0.15) is 12.8 Å². The van der Waals surface area contributed by atoms with Crippen molar-refractivity contribution >= 4 is 18.2 Å². The maximum atomic E-state index is 12.3. The number of hydrogen-bond acceptors (Lipinski definition) is 5. The van der Waals surface area contributed by atoms with Crippen LogP contribution in [0.25, 0.3) is 0 Å². The number of anilines is 1. The van der Waals surface area contributed by atoms with Crippen LogP contribution < -0.4 is 10.4 Å². The predicted molar refractivity (Wildman–Crippen MR) is 95.1 cm³/mol. The zero-order valence-electron chi connectivity index (χ0n) is 13.8. The van der Waals surface area contributed by atoms with E-state index >= 15 is 0 Å². The van der Waals surface area contributed by atoms with Gasteiger partial charge in [-0.3, -0.25) is 14.8 Å². The lowest BCUT2D eigenvalue weighted by atomic mass is 9.91. The number of allylic oxidation sites excluding steroid dienone is 2. The summed E-state index contributed by atoms with van der Waals surface area (Å²) >= 11 is 0. The van der Waals surface area contributed by atoms with E-state index in [2.05, 4.69) is 17.1 Å². The maximum absolute atomic E-state index is 12.3. The first-order chi connectivity index (χ1) is 11.1. The van der Waals surface area contributed by atoms with Crippen molar-refractivity contribution in [3.8, 4) is 0 Å². The van der Waals surface area contributed by atoms with Crippen molar-refractivity contribution in [1.29, 1.82) is 0 Å². The molecular weight excluding hydrogens is 288 g/mol. The van der Waals surface area contributed by atoms with E-state index in [1.807, 2.05) is 60.5 Å². The Morgan fingerprint density at radius 1 is 1.35 bits per heavy atom. The summed E-state index contributed by atoms with van der Waals surface area (Å²) in [6.45, 7) is 4.10. The molecule has 0 heterocycles. The zero-order chi connectivity index (χ0) is 16.7. The molecular formula is C18H24N4O. The molecule has 1 aliphatic rings. The quantitative estimate of drug-likeness (QED) is 0.621. The van der Waals surface area contributed by atoms with E-state index in [-0.39, 0.29) is 11.7 Å². The number of carbonyl (C=O) groups excluding carboxylic acids is 1. The number of nitrogens with zero attached hydrogens (tertiary/aromatic N) is 3. The molecule has 122 valence electrons. The molecule has 1 atom stereocenters. The molecule has 1 aromatic carbocycles. The van der Waals surface area contributed by atoms with Crippen molar-refractivity contribution in [2.24, 2.45) is 10.9 Å². The highest BCUT2D eigenvalue weighted by molar-refractivity contribution is 5.93. The molecule has 1 unspecified atom stereocenters. The van der Waals surface area contributed by atoms with Gasteiger partial charge in [-0.2, -0.15) is 0 Å².